The predicted octanol–water partition coefficient (Wildman–Crippen LogP) is 12.1. The first-order valence-corrected chi connectivity index (χ1v) is 30.6. The molecule has 2 atom stereocenters. The van der Waals surface area contributed by atoms with Gasteiger partial charge in [-0.2, -0.15) is 20.3 Å². The summed E-state index contributed by atoms with van der Waals surface area (Å²) in [6.45, 7) is 11.8. The highest BCUT2D eigenvalue weighted by Crippen LogP contribution is 2.41. The molecule has 0 spiro atoms. The van der Waals surface area contributed by atoms with Gasteiger partial charge in [-0.25, -0.2) is 14.4 Å². The fourth-order valence-corrected chi connectivity index (χ4v) is 14.2. The van der Waals surface area contributed by atoms with E-state index in [1.807, 2.05) is 60.5 Å². The summed E-state index contributed by atoms with van der Waals surface area (Å²) in [5.74, 6) is 0.501. The first-order chi connectivity index (χ1) is 42.0. The average Bonchev–Trinajstić information content (AvgIpc) is 2.46. The molecule has 0 amide bonds. The number of phenols is 3. The molecule has 9 N–H and O–H groups in total. The average molecular weight is 1220 g/mol. The molecule has 12 heterocycles. The molecule has 12 aromatic rings. The zero-order valence-electron chi connectivity index (χ0n) is 48.0. The van der Waals surface area contributed by atoms with Gasteiger partial charge < -0.3 is 36.2 Å². The van der Waals surface area contributed by atoms with Crippen LogP contribution in [0.1, 0.15) is 50.6 Å². The number of likely N-dealkylation sites (tertiary alicyclic amines) is 1. The second-order valence-corrected chi connectivity index (χ2v) is 26.0. The third kappa shape index (κ3) is 12.5. The number of aromatic amines is 3. The second kappa shape index (κ2) is 23.6. The van der Waals surface area contributed by atoms with Crippen molar-refractivity contribution in [2.75, 3.05) is 38.5 Å². The van der Waals surface area contributed by atoms with Crippen LogP contribution >= 0.6 is 34.0 Å². The number of halogens is 1. The van der Waals surface area contributed by atoms with Gasteiger partial charge in [0.1, 0.15) is 44.5 Å². The number of benzene rings is 3. The van der Waals surface area contributed by atoms with Crippen LogP contribution in [0.15, 0.2) is 135 Å². The monoisotopic (exact) mass is 1220 g/mol. The molecule has 0 bridgehead atoms. The maximum absolute atomic E-state index is 14.1. The van der Waals surface area contributed by atoms with Gasteiger partial charge in [0.2, 0.25) is 0 Å². The first kappa shape index (κ1) is 56.9. The van der Waals surface area contributed by atoms with E-state index < -0.39 is 6.17 Å². The molecular formula is C63H60FN17O3S3. The minimum atomic E-state index is -0.931. The molecule has 3 aromatic carbocycles. The van der Waals surface area contributed by atoms with Crippen LogP contribution < -0.4 is 16.0 Å². The predicted molar refractivity (Wildman–Crippen MR) is 343 cm³/mol. The number of aromatic hydroxyl groups is 3. The van der Waals surface area contributed by atoms with Crippen molar-refractivity contribution in [3.63, 3.8) is 0 Å². The minimum absolute atomic E-state index is 0.0113. The molecule has 1 fully saturated rings. The van der Waals surface area contributed by atoms with Crippen molar-refractivity contribution >= 4 is 81.1 Å². The highest BCUT2D eigenvalue weighted by atomic mass is 32.1. The fourth-order valence-electron chi connectivity index (χ4n) is 11.3. The molecule has 24 heteroatoms. The van der Waals surface area contributed by atoms with Gasteiger partial charge in [0.15, 0.2) is 10.8 Å². The molecule has 1 saturated heterocycles. The summed E-state index contributed by atoms with van der Waals surface area (Å²) in [7, 11) is 1.90. The summed E-state index contributed by atoms with van der Waals surface area (Å²) in [5.41, 5.74) is 14.2. The van der Waals surface area contributed by atoms with Crippen LogP contribution in [0.2, 0.25) is 0 Å². The molecule has 0 aliphatic carbocycles. The largest absolute Gasteiger partial charge is 0.507 e. The Hall–Kier alpha value is -9.17. The number of nitrogens with one attached hydrogen (secondary N) is 6. The Bertz CT molecular complexity index is 4520. The summed E-state index contributed by atoms with van der Waals surface area (Å²) in [6, 6.07) is 22.1. The maximum Gasteiger partial charge on any atom is 0.194 e. The number of hydrogen-bond donors (Lipinski definition) is 9. The lowest BCUT2D eigenvalue weighted by Crippen LogP contribution is -2.53. The molecule has 0 unspecified atom stereocenters. The highest BCUT2D eigenvalue weighted by molar-refractivity contribution is 7.22. The number of phenolic OH excluding ortho intramolecular Hbond substituents is 3. The SMILES string of the molecule is CC1(C)C=C(c2nc3cnc(-c4ccc(-c5cn[nH]c5)cc4O)cc3s2)CC(C)(C)N1.CN1C[C@H](F)[C@H](Nc2nc3nnc(-c4ccc(-c5cn[nH]c5)cc4O)cc3s2)C1.Oc1cc(-c2cn[nH]c2)ccc1-c1cc2sc(C3=CCNCC3)nc2cn1. The molecule has 3 aliphatic rings. The van der Waals surface area contributed by atoms with Crippen molar-refractivity contribution in [1.82, 2.24) is 81.2 Å². The number of thiazole rings is 3. The number of fused-ring (bicyclic) bond motifs is 3. The van der Waals surface area contributed by atoms with Gasteiger partial charge in [-0.3, -0.25) is 25.3 Å². The summed E-state index contributed by atoms with van der Waals surface area (Å²) >= 11 is 4.76. The lowest BCUT2D eigenvalue weighted by Gasteiger charge is -2.40. The van der Waals surface area contributed by atoms with Crippen molar-refractivity contribution in [2.24, 2.45) is 0 Å². The van der Waals surface area contributed by atoms with Crippen LogP contribution in [0, 0.1) is 0 Å². The number of aromatic nitrogens is 13. The van der Waals surface area contributed by atoms with E-state index in [9.17, 15) is 19.7 Å². The molecule has 20 nitrogen and oxygen atoms in total. The number of likely N-dealkylation sites (N-methyl/N-ethyl adjacent to an activating group) is 1. The van der Waals surface area contributed by atoms with E-state index in [0.717, 1.165) is 106 Å². The minimum Gasteiger partial charge on any atom is -0.507 e. The van der Waals surface area contributed by atoms with Crippen molar-refractivity contribution in [2.45, 2.75) is 63.8 Å². The molecule has 9 aromatic heterocycles. The van der Waals surface area contributed by atoms with Crippen molar-refractivity contribution in [3.8, 4) is 84.4 Å². The lowest BCUT2D eigenvalue weighted by atomic mass is 9.84. The summed E-state index contributed by atoms with van der Waals surface area (Å²) in [4.78, 5) is 25.1. The first-order valence-electron chi connectivity index (χ1n) is 28.2. The zero-order valence-corrected chi connectivity index (χ0v) is 50.4. The van der Waals surface area contributed by atoms with E-state index in [4.69, 9.17) is 9.97 Å². The van der Waals surface area contributed by atoms with E-state index >= 15 is 0 Å². The smallest absolute Gasteiger partial charge is 0.194 e. The number of nitrogens with zero attached hydrogens (tertiary/aromatic N) is 11. The van der Waals surface area contributed by atoms with E-state index in [-0.39, 0.29) is 34.4 Å². The molecule has 0 saturated carbocycles. The summed E-state index contributed by atoms with van der Waals surface area (Å²) in [5, 5.41) is 73.1. The Morgan fingerprint density at radius 3 is 1.60 bits per heavy atom. The maximum atomic E-state index is 14.1. The van der Waals surface area contributed by atoms with E-state index in [1.54, 1.807) is 96.5 Å². The summed E-state index contributed by atoms with van der Waals surface area (Å²) < 4.78 is 17.0. The Morgan fingerprint density at radius 2 is 1.13 bits per heavy atom. The molecule has 440 valence electrons. The third-order valence-electron chi connectivity index (χ3n) is 15.2. The molecule has 0 radical (unpaired) electrons. The van der Waals surface area contributed by atoms with Gasteiger partial charge in [-0.15, -0.1) is 32.9 Å². The fraction of sp³-hybridized carbons (Fsp3) is 0.238. The van der Waals surface area contributed by atoms with Crippen LogP contribution in [0.3, 0.4) is 0 Å². The highest BCUT2D eigenvalue weighted by Gasteiger charge is 2.34. The molecule has 15 rings (SSSR count). The van der Waals surface area contributed by atoms with Gasteiger partial charge in [0.25, 0.3) is 0 Å². The summed E-state index contributed by atoms with van der Waals surface area (Å²) in [6.07, 6.45) is 19.6. The number of rotatable bonds is 10. The Kier molecular flexibility index (Phi) is 15.4. The number of anilines is 1. The number of alkyl halides is 1. The van der Waals surface area contributed by atoms with Gasteiger partial charge in [0.05, 0.1) is 68.2 Å². The van der Waals surface area contributed by atoms with Gasteiger partial charge >= 0.3 is 0 Å². The van der Waals surface area contributed by atoms with Gasteiger partial charge in [0, 0.05) is 82.7 Å². The van der Waals surface area contributed by atoms with Crippen molar-refractivity contribution < 1.29 is 19.7 Å². The van der Waals surface area contributed by atoms with Crippen LogP contribution in [0.4, 0.5) is 9.52 Å². The standard InChI is InChI=1S/C24H25N5OS.C20H17N5OS.C19H18FN7OS/c1-23(2)9-15(10-24(3,4)29-23)22-28-19-13-25-18(8-21(19)31-22)17-6-5-14(7-20(17)30)16-11-26-27-12-16;26-18-7-13(14-9-23-24-10-14)1-2-15(18)16-8-19-17(11-22-16)25-20(27-19)12-3-5-21-6-4-12;1-27-8-13(20)15(9-27)23-19-24-18-17(29-19)5-14(25-26-18)12-3-2-10(4-16(12)28)11-6-21-22-7-11/h5-9,11-13,29-30H,10H2,1-4H3,(H,26,27);1-3,7-11,21,26H,4-6H2,(H,23,24);2-7,13,15,28H,8-9H2,1H3,(H,21,22)(H,23,24,26)/t;;13-,15+/m..0/s1. The quantitative estimate of drug-likeness (QED) is 0.0615. The van der Waals surface area contributed by atoms with Crippen LogP contribution in [-0.4, -0.2) is 142 Å². The van der Waals surface area contributed by atoms with E-state index in [0.29, 0.717) is 46.3 Å². The zero-order chi connectivity index (χ0) is 60.0. The van der Waals surface area contributed by atoms with Crippen molar-refractivity contribution in [1.29, 1.82) is 0 Å². The Balaban J connectivity index is 0.000000121. The normalized spacial score (nSPS) is 17.4. The van der Waals surface area contributed by atoms with Crippen LogP contribution in [0.25, 0.3) is 109 Å². The van der Waals surface area contributed by atoms with Crippen molar-refractivity contribution in [3.05, 3.63) is 145 Å². The molecule has 87 heavy (non-hydrogen) atoms. The van der Waals surface area contributed by atoms with Gasteiger partial charge in [-0.1, -0.05) is 41.7 Å². The number of H-pyrrole nitrogens is 3. The lowest BCUT2D eigenvalue weighted by molar-refractivity contribution is 0.297. The Morgan fingerprint density at radius 1 is 0.598 bits per heavy atom. The number of hydrogen-bond acceptors (Lipinski definition) is 20. The number of pyridine rings is 2. The second-order valence-electron chi connectivity index (χ2n) is 23.0. The van der Waals surface area contributed by atoms with Crippen LogP contribution in [0.5, 0.6) is 17.2 Å². The molecule has 3 aliphatic heterocycles. The Labute approximate surface area is 510 Å². The van der Waals surface area contributed by atoms with Crippen LogP contribution in [-0.2, 0) is 0 Å². The third-order valence-corrected chi connectivity index (χ3v) is 18.3. The van der Waals surface area contributed by atoms with E-state index in [2.05, 4.69) is 112 Å². The molecular weight excluding hydrogens is 1160 g/mol. The van der Waals surface area contributed by atoms with E-state index in [1.165, 1.54) is 22.5 Å². The van der Waals surface area contributed by atoms with Gasteiger partial charge in [-0.05, 0) is 137 Å². The topological polar surface area (TPSA) is 276 Å².